The molecule has 1 amide bonds. The van der Waals surface area contributed by atoms with Gasteiger partial charge in [-0.3, -0.25) is 9.78 Å². The van der Waals surface area contributed by atoms with E-state index in [4.69, 9.17) is 4.74 Å². The highest BCUT2D eigenvalue weighted by molar-refractivity contribution is 9.10. The fourth-order valence-corrected chi connectivity index (χ4v) is 2.54. The Hall–Kier alpha value is -2.86. The molecular weight excluding hydrogens is 382 g/mol. The fraction of sp³-hybridized carbons (Fsp3) is 0.0526. The van der Waals surface area contributed by atoms with Crippen LogP contribution in [0.25, 0.3) is 0 Å². The molecule has 2 aromatic carbocycles. The number of nitrogens with one attached hydrogen (secondary N) is 2. The third kappa shape index (κ3) is 4.36. The van der Waals surface area contributed by atoms with Crippen molar-refractivity contribution in [3.8, 4) is 5.75 Å². The molecule has 1 aromatic heterocycles. The molecule has 6 heteroatoms. The third-order valence-corrected chi connectivity index (χ3v) is 4.02. The van der Waals surface area contributed by atoms with Gasteiger partial charge in [-0.05, 0) is 42.5 Å². The number of carbonyl (C=O) groups excluding carboxylic acids is 1. The van der Waals surface area contributed by atoms with E-state index < -0.39 is 0 Å². The van der Waals surface area contributed by atoms with Gasteiger partial charge in [-0.2, -0.15) is 0 Å². The van der Waals surface area contributed by atoms with Crippen molar-refractivity contribution in [3.05, 3.63) is 77.0 Å². The highest BCUT2D eigenvalue weighted by Gasteiger charge is 2.10. The SMILES string of the molecule is COc1ccccc1NC(=O)c1cncc(Nc2ccc(Br)cc2)c1. The summed E-state index contributed by atoms with van der Waals surface area (Å²) in [4.78, 5) is 16.6. The minimum atomic E-state index is -0.253. The molecule has 5 nitrogen and oxygen atoms in total. The van der Waals surface area contributed by atoms with E-state index in [0.29, 0.717) is 17.0 Å². The number of pyridine rings is 1. The first-order valence-corrected chi connectivity index (χ1v) is 8.37. The molecule has 0 saturated carbocycles. The number of methoxy groups -OCH3 is 1. The zero-order chi connectivity index (χ0) is 17.6. The van der Waals surface area contributed by atoms with Crippen molar-refractivity contribution >= 4 is 38.9 Å². The first kappa shape index (κ1) is 17.0. The first-order valence-electron chi connectivity index (χ1n) is 7.58. The summed E-state index contributed by atoms with van der Waals surface area (Å²) in [6.45, 7) is 0. The van der Waals surface area contributed by atoms with Crippen molar-refractivity contribution in [2.45, 2.75) is 0 Å². The minimum Gasteiger partial charge on any atom is -0.495 e. The molecule has 0 aliphatic heterocycles. The molecule has 2 N–H and O–H groups in total. The lowest BCUT2D eigenvalue weighted by Gasteiger charge is -2.11. The van der Waals surface area contributed by atoms with E-state index in [1.165, 1.54) is 6.20 Å². The number of nitrogens with zero attached hydrogens (tertiary/aromatic N) is 1. The molecule has 0 unspecified atom stereocenters. The van der Waals surface area contributed by atoms with Crippen LogP contribution in [0, 0.1) is 0 Å². The summed E-state index contributed by atoms with van der Waals surface area (Å²) in [6.07, 6.45) is 3.19. The molecule has 0 spiro atoms. The van der Waals surface area contributed by atoms with Crippen LogP contribution in [0.5, 0.6) is 5.75 Å². The van der Waals surface area contributed by atoms with Gasteiger partial charge in [0.05, 0.1) is 30.2 Å². The van der Waals surface area contributed by atoms with Crippen LogP contribution in [0.15, 0.2) is 71.5 Å². The van der Waals surface area contributed by atoms with Gasteiger partial charge in [0.2, 0.25) is 0 Å². The normalized spacial score (nSPS) is 10.2. The van der Waals surface area contributed by atoms with E-state index in [1.54, 1.807) is 31.5 Å². The summed E-state index contributed by atoms with van der Waals surface area (Å²) in [5.74, 6) is 0.351. The Morgan fingerprint density at radius 1 is 1.04 bits per heavy atom. The molecular formula is C19H16BrN3O2. The molecule has 0 aliphatic carbocycles. The summed E-state index contributed by atoms with van der Waals surface area (Å²) in [7, 11) is 1.56. The van der Waals surface area contributed by atoms with Crippen LogP contribution in [0.2, 0.25) is 0 Å². The average molecular weight is 398 g/mol. The Bertz CT molecular complexity index is 882. The second-order valence-corrected chi connectivity index (χ2v) is 6.16. The largest absolute Gasteiger partial charge is 0.495 e. The second-order valence-electron chi connectivity index (χ2n) is 5.25. The highest BCUT2D eigenvalue weighted by atomic mass is 79.9. The molecule has 25 heavy (non-hydrogen) atoms. The minimum absolute atomic E-state index is 0.253. The van der Waals surface area contributed by atoms with Crippen molar-refractivity contribution in [1.29, 1.82) is 0 Å². The number of carbonyl (C=O) groups is 1. The van der Waals surface area contributed by atoms with E-state index >= 15 is 0 Å². The Kier molecular flexibility index (Phi) is 5.30. The summed E-state index contributed by atoms with van der Waals surface area (Å²) in [5.41, 5.74) is 2.71. The standard InChI is InChI=1S/C19H16BrN3O2/c1-25-18-5-3-2-4-17(18)23-19(24)13-10-16(12-21-11-13)22-15-8-6-14(20)7-9-15/h2-12,22H,1H3,(H,23,24). The smallest absolute Gasteiger partial charge is 0.257 e. The molecule has 0 fully saturated rings. The number of hydrogen-bond donors (Lipinski definition) is 2. The maximum Gasteiger partial charge on any atom is 0.257 e. The van der Waals surface area contributed by atoms with E-state index in [2.05, 4.69) is 31.5 Å². The molecule has 1 heterocycles. The topological polar surface area (TPSA) is 63.2 Å². The van der Waals surface area contributed by atoms with E-state index in [0.717, 1.165) is 15.8 Å². The molecule has 0 aliphatic rings. The van der Waals surface area contributed by atoms with Crippen molar-refractivity contribution < 1.29 is 9.53 Å². The van der Waals surface area contributed by atoms with E-state index in [9.17, 15) is 4.79 Å². The zero-order valence-corrected chi connectivity index (χ0v) is 15.1. The lowest BCUT2D eigenvalue weighted by Crippen LogP contribution is -2.13. The number of benzene rings is 2. The molecule has 0 radical (unpaired) electrons. The lowest BCUT2D eigenvalue weighted by molar-refractivity contribution is 0.102. The summed E-state index contributed by atoms with van der Waals surface area (Å²) in [5, 5.41) is 6.06. The van der Waals surface area contributed by atoms with Crippen LogP contribution in [-0.2, 0) is 0 Å². The maximum atomic E-state index is 12.5. The first-order chi connectivity index (χ1) is 12.2. The Balaban J connectivity index is 1.76. The van der Waals surface area contributed by atoms with Gasteiger partial charge in [-0.15, -0.1) is 0 Å². The van der Waals surface area contributed by atoms with Gasteiger partial charge in [0.25, 0.3) is 5.91 Å². The number of aromatic nitrogens is 1. The Morgan fingerprint density at radius 2 is 1.80 bits per heavy atom. The molecule has 3 rings (SSSR count). The number of rotatable bonds is 5. The molecule has 126 valence electrons. The summed E-state index contributed by atoms with van der Waals surface area (Å²) < 4.78 is 6.25. The number of hydrogen-bond acceptors (Lipinski definition) is 4. The van der Waals surface area contributed by atoms with E-state index in [-0.39, 0.29) is 5.91 Å². The maximum absolute atomic E-state index is 12.5. The van der Waals surface area contributed by atoms with Gasteiger partial charge >= 0.3 is 0 Å². The van der Waals surface area contributed by atoms with Crippen LogP contribution in [0.4, 0.5) is 17.1 Å². The quantitative estimate of drug-likeness (QED) is 0.645. The number of amides is 1. The predicted octanol–water partition coefficient (Wildman–Crippen LogP) is 4.85. The van der Waals surface area contributed by atoms with E-state index in [1.807, 2.05) is 36.4 Å². The number of para-hydroxylation sites is 2. The van der Waals surface area contributed by atoms with Gasteiger partial charge in [0, 0.05) is 16.4 Å². The lowest BCUT2D eigenvalue weighted by atomic mass is 10.2. The van der Waals surface area contributed by atoms with Crippen molar-refractivity contribution in [2.75, 3.05) is 17.7 Å². The Labute approximate surface area is 154 Å². The van der Waals surface area contributed by atoms with Crippen LogP contribution in [0.1, 0.15) is 10.4 Å². The van der Waals surface area contributed by atoms with Gasteiger partial charge in [0.1, 0.15) is 5.75 Å². The molecule has 0 atom stereocenters. The van der Waals surface area contributed by atoms with Gasteiger partial charge in [0.15, 0.2) is 0 Å². The van der Waals surface area contributed by atoms with Crippen LogP contribution >= 0.6 is 15.9 Å². The molecule has 0 bridgehead atoms. The monoisotopic (exact) mass is 397 g/mol. The summed E-state index contributed by atoms with van der Waals surface area (Å²) >= 11 is 3.40. The third-order valence-electron chi connectivity index (χ3n) is 3.49. The van der Waals surface area contributed by atoms with Gasteiger partial charge in [-0.1, -0.05) is 28.1 Å². The van der Waals surface area contributed by atoms with Crippen molar-refractivity contribution in [3.63, 3.8) is 0 Å². The number of ether oxygens (including phenoxy) is 1. The number of anilines is 3. The zero-order valence-electron chi connectivity index (χ0n) is 13.5. The Morgan fingerprint density at radius 3 is 2.56 bits per heavy atom. The van der Waals surface area contributed by atoms with Crippen LogP contribution < -0.4 is 15.4 Å². The molecule has 3 aromatic rings. The van der Waals surface area contributed by atoms with Gasteiger partial charge in [-0.25, -0.2) is 0 Å². The van der Waals surface area contributed by atoms with Gasteiger partial charge < -0.3 is 15.4 Å². The van der Waals surface area contributed by atoms with Crippen molar-refractivity contribution in [2.24, 2.45) is 0 Å². The predicted molar refractivity (Wildman–Crippen MR) is 103 cm³/mol. The highest BCUT2D eigenvalue weighted by Crippen LogP contribution is 2.24. The second kappa shape index (κ2) is 7.81. The number of halogens is 1. The van der Waals surface area contributed by atoms with Crippen LogP contribution in [-0.4, -0.2) is 18.0 Å². The van der Waals surface area contributed by atoms with Crippen molar-refractivity contribution in [1.82, 2.24) is 4.98 Å². The molecule has 0 saturated heterocycles. The fourth-order valence-electron chi connectivity index (χ4n) is 2.27. The van der Waals surface area contributed by atoms with Crippen LogP contribution in [0.3, 0.4) is 0 Å². The average Bonchev–Trinajstić information content (AvgIpc) is 2.64. The summed E-state index contributed by atoms with van der Waals surface area (Å²) in [6, 6.07) is 16.8.